The number of carbonyl (C=O) groups excluding carboxylic acids is 2. The van der Waals surface area contributed by atoms with Crippen LogP contribution in [-0.4, -0.2) is 46.2 Å². The Morgan fingerprint density at radius 2 is 1.89 bits per heavy atom. The van der Waals surface area contributed by atoms with Crippen molar-refractivity contribution < 1.29 is 19.1 Å². The molecule has 0 aromatic heterocycles. The zero-order valence-electron chi connectivity index (χ0n) is 11.2. The van der Waals surface area contributed by atoms with E-state index in [1.807, 2.05) is 20.8 Å². The largest absolute Gasteiger partial charge is 0.467 e. The topological polar surface area (TPSA) is 55.8 Å². The minimum atomic E-state index is -0.560. The van der Waals surface area contributed by atoms with Gasteiger partial charge >= 0.3 is 12.1 Å². The van der Waals surface area contributed by atoms with Crippen LogP contribution in [0.4, 0.5) is 4.79 Å². The first kappa shape index (κ1) is 15.5. The average molecular weight is 369 g/mol. The Balaban J connectivity index is 2.78. The summed E-state index contributed by atoms with van der Waals surface area (Å²) in [6.07, 6.45) is 1.08. The van der Waals surface area contributed by atoms with E-state index in [1.165, 1.54) is 12.0 Å². The van der Waals surface area contributed by atoms with Gasteiger partial charge in [-0.25, -0.2) is 9.59 Å². The molecule has 0 aromatic rings. The van der Waals surface area contributed by atoms with E-state index in [4.69, 9.17) is 9.47 Å². The number of ether oxygens (including phenoxy) is 2. The maximum Gasteiger partial charge on any atom is 0.411 e. The lowest BCUT2D eigenvalue weighted by molar-refractivity contribution is -0.147. The Bertz CT molecular complexity index is 327. The summed E-state index contributed by atoms with van der Waals surface area (Å²) in [7, 11) is 1.34. The predicted octanol–water partition coefficient (Wildman–Crippen LogP) is 2.36. The van der Waals surface area contributed by atoms with E-state index >= 15 is 0 Å². The van der Waals surface area contributed by atoms with Gasteiger partial charge in [-0.15, -0.1) is 0 Å². The summed E-state index contributed by atoms with van der Waals surface area (Å²) in [5, 5.41) is 0. The second-order valence-corrected chi connectivity index (χ2v) is 7.11. The lowest BCUT2D eigenvalue weighted by Gasteiger charge is -2.37. The summed E-state index contributed by atoms with van der Waals surface area (Å²) < 4.78 is 10.4. The number of carbonyl (C=O) groups is 2. The molecule has 1 fully saturated rings. The van der Waals surface area contributed by atoms with Crippen LogP contribution in [0.2, 0.25) is 0 Å². The minimum Gasteiger partial charge on any atom is -0.467 e. The summed E-state index contributed by atoms with van der Waals surface area (Å²) >= 11 is 2.29. The molecule has 2 atom stereocenters. The molecule has 0 saturated carbocycles. The summed E-state index contributed by atoms with van der Waals surface area (Å²) in [5.41, 5.74) is -0.560. The van der Waals surface area contributed by atoms with E-state index in [1.54, 1.807) is 0 Å². The number of piperidine rings is 1. The highest BCUT2D eigenvalue weighted by Gasteiger charge is 2.38. The standard InChI is InChI=1S/C12H20INO4/c1-12(2,3)18-11(16)14-7-8(13)5-6-9(14)10(15)17-4/h8-9H,5-7H2,1-4H3/t8-,9-/m0/s1. The number of likely N-dealkylation sites (tertiary alicyclic amines) is 1. The van der Waals surface area contributed by atoms with Gasteiger partial charge < -0.3 is 9.47 Å². The molecule has 1 heterocycles. The summed E-state index contributed by atoms with van der Waals surface area (Å²) in [5.74, 6) is -0.371. The zero-order chi connectivity index (χ0) is 13.9. The van der Waals surface area contributed by atoms with Gasteiger partial charge in [0.05, 0.1) is 7.11 Å². The van der Waals surface area contributed by atoms with Crippen molar-refractivity contribution in [3.63, 3.8) is 0 Å². The van der Waals surface area contributed by atoms with Crippen LogP contribution < -0.4 is 0 Å². The van der Waals surface area contributed by atoms with Crippen molar-refractivity contribution in [1.29, 1.82) is 0 Å². The maximum absolute atomic E-state index is 12.1. The Morgan fingerprint density at radius 1 is 1.28 bits per heavy atom. The molecule has 1 saturated heterocycles. The van der Waals surface area contributed by atoms with Crippen molar-refractivity contribution in [2.75, 3.05) is 13.7 Å². The molecule has 0 unspecified atom stereocenters. The van der Waals surface area contributed by atoms with Crippen molar-refractivity contribution in [2.45, 2.75) is 49.2 Å². The number of esters is 1. The monoisotopic (exact) mass is 369 g/mol. The van der Waals surface area contributed by atoms with E-state index in [-0.39, 0.29) is 5.97 Å². The number of rotatable bonds is 1. The zero-order valence-corrected chi connectivity index (χ0v) is 13.4. The molecule has 1 rings (SSSR count). The fraction of sp³-hybridized carbons (Fsp3) is 0.833. The fourth-order valence-electron chi connectivity index (χ4n) is 1.83. The van der Waals surface area contributed by atoms with Crippen LogP contribution in [0.1, 0.15) is 33.6 Å². The van der Waals surface area contributed by atoms with Gasteiger partial charge in [0.2, 0.25) is 0 Å². The van der Waals surface area contributed by atoms with E-state index < -0.39 is 17.7 Å². The molecule has 0 spiro atoms. The van der Waals surface area contributed by atoms with Crippen LogP contribution in [0.5, 0.6) is 0 Å². The molecule has 18 heavy (non-hydrogen) atoms. The number of alkyl halides is 1. The normalized spacial score (nSPS) is 24.6. The van der Waals surface area contributed by atoms with Gasteiger partial charge in [-0.3, -0.25) is 4.90 Å². The molecule has 1 amide bonds. The number of halogens is 1. The molecule has 1 aliphatic rings. The highest BCUT2D eigenvalue weighted by Crippen LogP contribution is 2.25. The Labute approximate surface area is 121 Å². The fourth-order valence-corrected chi connectivity index (χ4v) is 2.61. The Kier molecular flexibility index (Phi) is 5.24. The van der Waals surface area contributed by atoms with E-state index in [0.29, 0.717) is 16.9 Å². The first-order valence-corrected chi connectivity index (χ1v) is 7.20. The lowest BCUT2D eigenvalue weighted by atomic mass is 10.0. The Morgan fingerprint density at radius 3 is 2.39 bits per heavy atom. The molecule has 0 aromatic carbocycles. The molecule has 5 nitrogen and oxygen atoms in total. The molecular weight excluding hydrogens is 349 g/mol. The third kappa shape index (κ3) is 4.29. The second kappa shape index (κ2) is 6.08. The van der Waals surface area contributed by atoms with Crippen molar-refractivity contribution >= 4 is 34.7 Å². The molecule has 0 N–H and O–H groups in total. The lowest BCUT2D eigenvalue weighted by Crippen LogP contribution is -2.52. The quantitative estimate of drug-likeness (QED) is 0.405. The van der Waals surface area contributed by atoms with E-state index in [0.717, 1.165) is 6.42 Å². The van der Waals surface area contributed by atoms with Gasteiger partial charge in [0.25, 0.3) is 0 Å². The Hall–Kier alpha value is -0.530. The van der Waals surface area contributed by atoms with Crippen LogP contribution in [0.3, 0.4) is 0 Å². The first-order chi connectivity index (χ1) is 8.24. The van der Waals surface area contributed by atoms with Gasteiger partial charge in [0, 0.05) is 10.5 Å². The van der Waals surface area contributed by atoms with Gasteiger partial charge in [-0.1, -0.05) is 22.6 Å². The smallest absolute Gasteiger partial charge is 0.411 e. The average Bonchev–Trinajstić information content (AvgIpc) is 2.25. The van der Waals surface area contributed by atoms with Crippen LogP contribution >= 0.6 is 22.6 Å². The number of amides is 1. The molecule has 0 radical (unpaired) electrons. The van der Waals surface area contributed by atoms with Crippen LogP contribution in [0, 0.1) is 0 Å². The molecule has 104 valence electrons. The van der Waals surface area contributed by atoms with Crippen LogP contribution in [0.25, 0.3) is 0 Å². The molecule has 1 aliphatic heterocycles. The number of methoxy groups -OCH3 is 1. The van der Waals surface area contributed by atoms with E-state index in [9.17, 15) is 9.59 Å². The first-order valence-electron chi connectivity index (χ1n) is 5.96. The molecule has 0 bridgehead atoms. The van der Waals surface area contributed by atoms with Crippen LogP contribution in [-0.2, 0) is 14.3 Å². The van der Waals surface area contributed by atoms with Crippen molar-refractivity contribution in [3.05, 3.63) is 0 Å². The number of nitrogens with zero attached hydrogens (tertiary/aromatic N) is 1. The van der Waals surface area contributed by atoms with Gasteiger partial charge in [-0.2, -0.15) is 0 Å². The summed E-state index contributed by atoms with van der Waals surface area (Å²) in [6, 6.07) is -0.518. The third-order valence-electron chi connectivity index (χ3n) is 2.63. The molecular formula is C12H20INO4. The summed E-state index contributed by atoms with van der Waals surface area (Å²) in [4.78, 5) is 25.2. The minimum absolute atomic E-state index is 0.344. The molecule has 0 aliphatic carbocycles. The second-order valence-electron chi connectivity index (χ2n) is 5.35. The van der Waals surface area contributed by atoms with Crippen molar-refractivity contribution in [3.8, 4) is 0 Å². The van der Waals surface area contributed by atoms with Gasteiger partial charge in [0.15, 0.2) is 0 Å². The number of hydrogen-bond acceptors (Lipinski definition) is 4. The molecule has 6 heteroatoms. The van der Waals surface area contributed by atoms with Gasteiger partial charge in [0.1, 0.15) is 11.6 Å². The van der Waals surface area contributed by atoms with Crippen LogP contribution in [0.15, 0.2) is 0 Å². The SMILES string of the molecule is COC(=O)[C@@H]1CC[C@H](I)CN1C(=O)OC(C)(C)C. The number of hydrogen-bond donors (Lipinski definition) is 0. The third-order valence-corrected chi connectivity index (χ3v) is 3.64. The van der Waals surface area contributed by atoms with Gasteiger partial charge in [-0.05, 0) is 33.6 Å². The summed E-state index contributed by atoms with van der Waals surface area (Å²) in [6.45, 7) is 5.95. The highest BCUT2D eigenvalue weighted by molar-refractivity contribution is 14.1. The van der Waals surface area contributed by atoms with E-state index in [2.05, 4.69) is 22.6 Å². The maximum atomic E-state index is 12.1. The highest BCUT2D eigenvalue weighted by atomic mass is 127. The van der Waals surface area contributed by atoms with Crippen molar-refractivity contribution in [2.24, 2.45) is 0 Å². The predicted molar refractivity (Wildman–Crippen MR) is 75.8 cm³/mol. The van der Waals surface area contributed by atoms with Crippen molar-refractivity contribution in [1.82, 2.24) is 4.90 Å².